The summed E-state index contributed by atoms with van der Waals surface area (Å²) in [6, 6.07) is 17.7. The molecule has 0 aliphatic carbocycles. The Labute approximate surface area is 197 Å². The molecule has 0 aliphatic heterocycles. The molecule has 4 rings (SSSR count). The predicted octanol–water partition coefficient (Wildman–Crippen LogP) is 5.30. The molecule has 0 radical (unpaired) electrons. The SMILES string of the molecule is COc1ccc(-c2cnc(-c3ccccc3C(=O)Nc3ccc(OC)c(OC)c3)o2)c(OC)c1. The summed E-state index contributed by atoms with van der Waals surface area (Å²) in [4.78, 5) is 17.5. The highest BCUT2D eigenvalue weighted by Gasteiger charge is 2.19. The van der Waals surface area contributed by atoms with Gasteiger partial charge in [0.05, 0.1) is 45.8 Å². The number of hydrogen-bond donors (Lipinski definition) is 1. The van der Waals surface area contributed by atoms with E-state index in [1.165, 1.54) is 7.11 Å². The Morgan fingerprint density at radius 2 is 1.56 bits per heavy atom. The molecule has 0 spiro atoms. The minimum absolute atomic E-state index is 0.311. The van der Waals surface area contributed by atoms with Crippen LogP contribution in [0.1, 0.15) is 10.4 Å². The van der Waals surface area contributed by atoms with E-state index < -0.39 is 0 Å². The first-order valence-electron chi connectivity index (χ1n) is 10.4. The van der Waals surface area contributed by atoms with Gasteiger partial charge in [0.2, 0.25) is 5.89 Å². The fraction of sp³-hybridized carbons (Fsp3) is 0.154. The van der Waals surface area contributed by atoms with E-state index in [0.717, 1.165) is 0 Å². The molecule has 1 heterocycles. The molecule has 34 heavy (non-hydrogen) atoms. The molecule has 1 amide bonds. The summed E-state index contributed by atoms with van der Waals surface area (Å²) in [6.45, 7) is 0. The number of benzene rings is 3. The number of nitrogens with one attached hydrogen (secondary N) is 1. The van der Waals surface area contributed by atoms with Crippen molar-refractivity contribution in [3.63, 3.8) is 0 Å². The van der Waals surface area contributed by atoms with Crippen LogP contribution in [0.2, 0.25) is 0 Å². The lowest BCUT2D eigenvalue weighted by molar-refractivity contribution is 0.102. The second-order valence-corrected chi connectivity index (χ2v) is 7.17. The number of hydrogen-bond acceptors (Lipinski definition) is 7. The Morgan fingerprint density at radius 3 is 2.29 bits per heavy atom. The van der Waals surface area contributed by atoms with Crippen LogP contribution in [-0.4, -0.2) is 39.3 Å². The number of methoxy groups -OCH3 is 4. The zero-order chi connectivity index (χ0) is 24.1. The van der Waals surface area contributed by atoms with Gasteiger partial charge < -0.3 is 28.7 Å². The van der Waals surface area contributed by atoms with Crippen LogP contribution < -0.4 is 24.3 Å². The molecule has 174 valence electrons. The van der Waals surface area contributed by atoms with Crippen LogP contribution >= 0.6 is 0 Å². The second-order valence-electron chi connectivity index (χ2n) is 7.17. The summed E-state index contributed by atoms with van der Waals surface area (Å²) < 4.78 is 27.3. The van der Waals surface area contributed by atoms with Crippen molar-refractivity contribution in [2.45, 2.75) is 0 Å². The molecule has 0 bridgehead atoms. The van der Waals surface area contributed by atoms with Crippen molar-refractivity contribution in [2.75, 3.05) is 33.8 Å². The van der Waals surface area contributed by atoms with Crippen LogP contribution in [0.5, 0.6) is 23.0 Å². The first-order chi connectivity index (χ1) is 16.6. The van der Waals surface area contributed by atoms with Crippen molar-refractivity contribution >= 4 is 11.6 Å². The van der Waals surface area contributed by atoms with Gasteiger partial charge in [-0.15, -0.1) is 0 Å². The highest BCUT2D eigenvalue weighted by molar-refractivity contribution is 6.08. The zero-order valence-corrected chi connectivity index (χ0v) is 19.2. The Hall–Kier alpha value is -4.46. The average molecular weight is 460 g/mol. The van der Waals surface area contributed by atoms with Gasteiger partial charge in [0.25, 0.3) is 5.91 Å². The molecule has 0 fully saturated rings. The number of amides is 1. The number of ether oxygens (including phenoxy) is 4. The van der Waals surface area contributed by atoms with Crippen LogP contribution in [0.15, 0.2) is 71.3 Å². The summed E-state index contributed by atoms with van der Waals surface area (Å²) in [5, 5.41) is 2.89. The number of nitrogens with zero attached hydrogens (tertiary/aromatic N) is 1. The summed E-state index contributed by atoms with van der Waals surface area (Å²) in [5.74, 6) is 2.83. The van der Waals surface area contributed by atoms with E-state index in [1.807, 2.05) is 18.2 Å². The van der Waals surface area contributed by atoms with Crippen molar-refractivity contribution in [3.05, 3.63) is 72.4 Å². The molecule has 8 nitrogen and oxygen atoms in total. The van der Waals surface area contributed by atoms with E-state index in [-0.39, 0.29) is 5.91 Å². The number of anilines is 1. The first-order valence-corrected chi connectivity index (χ1v) is 10.4. The maximum absolute atomic E-state index is 13.1. The van der Waals surface area contributed by atoms with Crippen molar-refractivity contribution < 1.29 is 28.2 Å². The maximum Gasteiger partial charge on any atom is 0.256 e. The van der Waals surface area contributed by atoms with Crippen LogP contribution in [-0.2, 0) is 0 Å². The van der Waals surface area contributed by atoms with Gasteiger partial charge in [0, 0.05) is 23.4 Å². The van der Waals surface area contributed by atoms with E-state index in [4.69, 9.17) is 23.4 Å². The predicted molar refractivity (Wildman–Crippen MR) is 128 cm³/mol. The minimum Gasteiger partial charge on any atom is -0.497 e. The summed E-state index contributed by atoms with van der Waals surface area (Å²) in [7, 11) is 6.25. The summed E-state index contributed by atoms with van der Waals surface area (Å²) in [6.07, 6.45) is 1.60. The van der Waals surface area contributed by atoms with Crippen molar-refractivity contribution in [3.8, 4) is 45.8 Å². The van der Waals surface area contributed by atoms with Crippen molar-refractivity contribution in [1.29, 1.82) is 0 Å². The lowest BCUT2D eigenvalue weighted by Gasteiger charge is -2.12. The molecular weight excluding hydrogens is 436 g/mol. The standard InChI is InChI=1S/C26H24N2O6/c1-30-17-10-11-20(22(14-17)32-3)24-15-27-26(34-24)19-8-6-5-7-18(19)25(29)28-16-9-12-21(31-2)23(13-16)33-4/h5-15H,1-4H3,(H,28,29). The van der Waals surface area contributed by atoms with Crippen molar-refractivity contribution in [2.24, 2.45) is 0 Å². The lowest BCUT2D eigenvalue weighted by atomic mass is 10.1. The first kappa shape index (κ1) is 22.7. The van der Waals surface area contributed by atoms with E-state index >= 15 is 0 Å². The monoisotopic (exact) mass is 460 g/mol. The average Bonchev–Trinajstić information content (AvgIpc) is 3.38. The number of carbonyl (C=O) groups excluding carboxylic acids is 1. The molecule has 1 N–H and O–H groups in total. The maximum atomic E-state index is 13.1. The Kier molecular flexibility index (Phi) is 6.68. The minimum atomic E-state index is -0.315. The molecule has 8 heteroatoms. The largest absolute Gasteiger partial charge is 0.497 e. The summed E-state index contributed by atoms with van der Waals surface area (Å²) >= 11 is 0. The molecule has 0 unspecified atom stereocenters. The second kappa shape index (κ2) is 9.99. The molecule has 1 aromatic heterocycles. The normalized spacial score (nSPS) is 10.5. The highest BCUT2D eigenvalue weighted by Crippen LogP contribution is 2.36. The van der Waals surface area contributed by atoms with Crippen molar-refractivity contribution in [1.82, 2.24) is 4.98 Å². The van der Waals surface area contributed by atoms with Crippen LogP contribution in [0.25, 0.3) is 22.8 Å². The van der Waals surface area contributed by atoms with Gasteiger partial charge in [-0.3, -0.25) is 4.79 Å². The van der Waals surface area contributed by atoms with Crippen LogP contribution in [0, 0.1) is 0 Å². The van der Waals surface area contributed by atoms with Crippen LogP contribution in [0.3, 0.4) is 0 Å². The summed E-state index contributed by atoms with van der Waals surface area (Å²) in [5.41, 5.74) is 2.24. The fourth-order valence-electron chi connectivity index (χ4n) is 3.51. The number of carbonyl (C=O) groups is 1. The molecule has 3 aromatic carbocycles. The third-order valence-corrected chi connectivity index (χ3v) is 5.22. The van der Waals surface area contributed by atoms with Crippen LogP contribution in [0.4, 0.5) is 5.69 Å². The molecular formula is C26H24N2O6. The third kappa shape index (κ3) is 4.52. The van der Waals surface area contributed by atoms with E-state index in [0.29, 0.717) is 57.0 Å². The lowest BCUT2D eigenvalue weighted by Crippen LogP contribution is -2.13. The van der Waals surface area contributed by atoms with E-state index in [1.54, 1.807) is 70.0 Å². The highest BCUT2D eigenvalue weighted by atomic mass is 16.5. The van der Waals surface area contributed by atoms with Gasteiger partial charge in [0.1, 0.15) is 11.5 Å². The van der Waals surface area contributed by atoms with E-state index in [2.05, 4.69) is 10.3 Å². The number of oxazole rings is 1. The Balaban J connectivity index is 1.64. The molecule has 4 aromatic rings. The van der Waals surface area contributed by atoms with Gasteiger partial charge in [0.15, 0.2) is 17.3 Å². The smallest absolute Gasteiger partial charge is 0.256 e. The molecule has 0 aliphatic rings. The Morgan fingerprint density at radius 1 is 0.794 bits per heavy atom. The fourth-order valence-corrected chi connectivity index (χ4v) is 3.51. The Bertz CT molecular complexity index is 1310. The number of aromatic nitrogens is 1. The van der Waals surface area contributed by atoms with E-state index in [9.17, 15) is 4.79 Å². The van der Waals surface area contributed by atoms with Gasteiger partial charge >= 0.3 is 0 Å². The third-order valence-electron chi connectivity index (χ3n) is 5.22. The molecule has 0 atom stereocenters. The molecule has 0 saturated heterocycles. The molecule has 0 saturated carbocycles. The van der Waals surface area contributed by atoms with Gasteiger partial charge in [-0.2, -0.15) is 0 Å². The quantitative estimate of drug-likeness (QED) is 0.382. The number of rotatable bonds is 8. The zero-order valence-electron chi connectivity index (χ0n) is 19.2. The van der Waals surface area contributed by atoms with Gasteiger partial charge in [-0.1, -0.05) is 12.1 Å². The van der Waals surface area contributed by atoms with Gasteiger partial charge in [-0.05, 0) is 36.4 Å². The van der Waals surface area contributed by atoms with Gasteiger partial charge in [-0.25, -0.2) is 4.98 Å². The topological polar surface area (TPSA) is 92.1 Å².